The summed E-state index contributed by atoms with van der Waals surface area (Å²) < 4.78 is 15.3. The molecular weight excluding hydrogens is 376 g/mol. The molecule has 0 spiro atoms. The second-order valence-corrected chi connectivity index (χ2v) is 6.25. The van der Waals surface area contributed by atoms with Crippen molar-refractivity contribution in [2.24, 2.45) is 0 Å². The van der Waals surface area contributed by atoms with Crippen LogP contribution in [0.15, 0.2) is 66.7 Å². The van der Waals surface area contributed by atoms with Crippen LogP contribution in [0, 0.1) is 23.7 Å². The van der Waals surface area contributed by atoms with E-state index in [0.29, 0.717) is 17.1 Å². The number of methoxy groups -OCH3 is 3. The highest BCUT2D eigenvalue weighted by molar-refractivity contribution is 5.89. The molecule has 0 aliphatic carbocycles. The van der Waals surface area contributed by atoms with E-state index in [0.717, 1.165) is 22.3 Å². The van der Waals surface area contributed by atoms with Gasteiger partial charge in [0.2, 0.25) is 0 Å². The second-order valence-electron chi connectivity index (χ2n) is 6.25. The fraction of sp³-hybridized carbons (Fsp3) is 0.115. The standard InChI is InChI=1S/C26H20O4/c1-28-24-16-22(17-25(18-24)29-2)10-9-21-6-4-5-20(15-21)8-7-19-11-13-23(14-12-19)26(27)30-3/h4-6,11-18H,1-3H3. The molecule has 0 aliphatic rings. The van der Waals surface area contributed by atoms with Gasteiger partial charge in [-0.1, -0.05) is 29.7 Å². The van der Waals surface area contributed by atoms with Crippen LogP contribution >= 0.6 is 0 Å². The highest BCUT2D eigenvalue weighted by Gasteiger charge is 2.03. The van der Waals surface area contributed by atoms with Crippen LogP contribution < -0.4 is 9.47 Å². The Bertz CT molecular complexity index is 1150. The predicted molar refractivity (Wildman–Crippen MR) is 116 cm³/mol. The molecule has 148 valence electrons. The van der Waals surface area contributed by atoms with Crippen LogP contribution in [-0.2, 0) is 4.74 Å². The first-order valence-electron chi connectivity index (χ1n) is 9.17. The normalized spacial score (nSPS) is 9.43. The maximum absolute atomic E-state index is 11.5. The van der Waals surface area contributed by atoms with E-state index in [-0.39, 0.29) is 5.97 Å². The minimum atomic E-state index is -0.366. The quantitative estimate of drug-likeness (QED) is 0.489. The van der Waals surface area contributed by atoms with Gasteiger partial charge in [-0.15, -0.1) is 0 Å². The highest BCUT2D eigenvalue weighted by atomic mass is 16.5. The van der Waals surface area contributed by atoms with Crippen LogP contribution in [0.2, 0.25) is 0 Å². The molecule has 0 bridgehead atoms. The third kappa shape index (κ3) is 5.44. The molecule has 4 nitrogen and oxygen atoms in total. The van der Waals surface area contributed by atoms with Crippen molar-refractivity contribution in [3.8, 4) is 35.2 Å². The van der Waals surface area contributed by atoms with Gasteiger partial charge >= 0.3 is 5.97 Å². The van der Waals surface area contributed by atoms with Crippen molar-refractivity contribution in [3.63, 3.8) is 0 Å². The van der Waals surface area contributed by atoms with Gasteiger partial charge in [-0.2, -0.15) is 0 Å². The molecule has 3 aromatic carbocycles. The van der Waals surface area contributed by atoms with Crippen LogP contribution in [-0.4, -0.2) is 27.3 Å². The Hall–Kier alpha value is -4.15. The lowest BCUT2D eigenvalue weighted by atomic mass is 10.1. The zero-order chi connectivity index (χ0) is 21.3. The number of ether oxygens (including phenoxy) is 3. The van der Waals surface area contributed by atoms with Crippen LogP contribution in [0.25, 0.3) is 0 Å². The lowest BCUT2D eigenvalue weighted by Gasteiger charge is -2.04. The number of rotatable bonds is 3. The summed E-state index contributed by atoms with van der Waals surface area (Å²) in [4.78, 5) is 11.5. The molecule has 0 atom stereocenters. The van der Waals surface area contributed by atoms with E-state index >= 15 is 0 Å². The number of carbonyl (C=O) groups excluding carboxylic acids is 1. The van der Waals surface area contributed by atoms with Crippen LogP contribution in [0.1, 0.15) is 32.6 Å². The Labute approximate surface area is 176 Å². The number of carbonyl (C=O) groups is 1. The van der Waals surface area contributed by atoms with Crippen LogP contribution in [0.4, 0.5) is 0 Å². The van der Waals surface area contributed by atoms with E-state index < -0.39 is 0 Å². The Morgan fingerprint density at radius 1 is 0.633 bits per heavy atom. The summed E-state index contributed by atoms with van der Waals surface area (Å²) >= 11 is 0. The molecule has 0 amide bonds. The number of hydrogen-bond acceptors (Lipinski definition) is 4. The number of benzene rings is 3. The summed E-state index contributed by atoms with van der Waals surface area (Å²) in [6.07, 6.45) is 0. The van der Waals surface area contributed by atoms with E-state index in [9.17, 15) is 4.79 Å². The van der Waals surface area contributed by atoms with Gasteiger partial charge in [0.1, 0.15) is 11.5 Å². The molecule has 3 aromatic rings. The van der Waals surface area contributed by atoms with Gasteiger partial charge in [-0.3, -0.25) is 0 Å². The maximum Gasteiger partial charge on any atom is 0.337 e. The fourth-order valence-corrected chi connectivity index (χ4v) is 2.65. The zero-order valence-corrected chi connectivity index (χ0v) is 17.0. The van der Waals surface area contributed by atoms with E-state index in [4.69, 9.17) is 14.2 Å². The van der Waals surface area contributed by atoms with E-state index in [1.165, 1.54) is 7.11 Å². The maximum atomic E-state index is 11.5. The summed E-state index contributed by atoms with van der Waals surface area (Å²) in [5.74, 6) is 13.5. The van der Waals surface area contributed by atoms with Crippen molar-refractivity contribution < 1.29 is 19.0 Å². The Morgan fingerprint density at radius 2 is 1.17 bits per heavy atom. The summed E-state index contributed by atoms with van der Waals surface area (Å²) in [7, 11) is 4.57. The van der Waals surface area contributed by atoms with E-state index in [1.54, 1.807) is 44.6 Å². The molecule has 4 heteroatoms. The van der Waals surface area contributed by atoms with E-state index in [2.05, 4.69) is 23.7 Å². The molecular formula is C26H20O4. The Balaban J connectivity index is 1.79. The van der Waals surface area contributed by atoms with Crippen molar-refractivity contribution in [2.75, 3.05) is 21.3 Å². The van der Waals surface area contributed by atoms with Gasteiger partial charge in [0.25, 0.3) is 0 Å². The summed E-state index contributed by atoms with van der Waals surface area (Å²) in [5.41, 5.74) is 3.80. The van der Waals surface area contributed by atoms with Crippen molar-refractivity contribution in [1.82, 2.24) is 0 Å². The van der Waals surface area contributed by atoms with Crippen LogP contribution in [0.3, 0.4) is 0 Å². The van der Waals surface area contributed by atoms with Gasteiger partial charge in [-0.25, -0.2) is 4.79 Å². The first-order chi connectivity index (χ1) is 14.6. The molecule has 0 radical (unpaired) electrons. The SMILES string of the molecule is COC(=O)c1ccc(C#Cc2cccc(C#Cc3cc(OC)cc(OC)c3)c2)cc1. The van der Waals surface area contributed by atoms with Crippen molar-refractivity contribution >= 4 is 5.97 Å². The smallest absolute Gasteiger partial charge is 0.337 e. The third-order valence-electron chi connectivity index (χ3n) is 4.22. The van der Waals surface area contributed by atoms with E-state index in [1.807, 2.05) is 36.4 Å². The topological polar surface area (TPSA) is 44.8 Å². The largest absolute Gasteiger partial charge is 0.497 e. The van der Waals surface area contributed by atoms with Crippen LogP contribution in [0.5, 0.6) is 11.5 Å². The minimum Gasteiger partial charge on any atom is -0.497 e. The predicted octanol–water partition coefficient (Wildman–Crippen LogP) is 4.29. The van der Waals surface area contributed by atoms with Gasteiger partial charge < -0.3 is 14.2 Å². The minimum absolute atomic E-state index is 0.366. The average Bonchev–Trinajstić information content (AvgIpc) is 2.81. The molecule has 0 saturated carbocycles. The molecule has 30 heavy (non-hydrogen) atoms. The molecule has 0 aromatic heterocycles. The van der Waals surface area contributed by atoms with Crippen molar-refractivity contribution in [3.05, 3.63) is 94.5 Å². The monoisotopic (exact) mass is 396 g/mol. The molecule has 0 heterocycles. The van der Waals surface area contributed by atoms with Gasteiger partial charge in [0.15, 0.2) is 0 Å². The fourth-order valence-electron chi connectivity index (χ4n) is 2.65. The summed E-state index contributed by atoms with van der Waals surface area (Å²) in [5, 5.41) is 0. The Kier molecular flexibility index (Phi) is 6.77. The number of hydrogen-bond donors (Lipinski definition) is 0. The first-order valence-corrected chi connectivity index (χ1v) is 9.17. The van der Waals surface area contributed by atoms with Gasteiger partial charge in [-0.05, 0) is 54.6 Å². The molecule has 0 unspecified atom stereocenters. The van der Waals surface area contributed by atoms with Gasteiger partial charge in [0, 0.05) is 28.3 Å². The van der Waals surface area contributed by atoms with Crippen molar-refractivity contribution in [2.45, 2.75) is 0 Å². The van der Waals surface area contributed by atoms with Crippen molar-refractivity contribution in [1.29, 1.82) is 0 Å². The lowest BCUT2D eigenvalue weighted by Crippen LogP contribution is -2.00. The zero-order valence-electron chi connectivity index (χ0n) is 17.0. The number of esters is 1. The average molecular weight is 396 g/mol. The molecule has 0 fully saturated rings. The first kappa shape index (κ1) is 20.6. The van der Waals surface area contributed by atoms with Gasteiger partial charge in [0.05, 0.1) is 26.9 Å². The Morgan fingerprint density at radius 3 is 1.70 bits per heavy atom. The highest BCUT2D eigenvalue weighted by Crippen LogP contribution is 2.21. The lowest BCUT2D eigenvalue weighted by molar-refractivity contribution is 0.0600. The molecule has 0 saturated heterocycles. The molecule has 0 aliphatic heterocycles. The molecule has 0 N–H and O–H groups in total. The summed E-state index contributed by atoms with van der Waals surface area (Å²) in [6, 6.07) is 20.2. The third-order valence-corrected chi connectivity index (χ3v) is 4.22. The second kappa shape index (κ2) is 9.87. The molecule has 3 rings (SSSR count). The summed E-state index contributed by atoms with van der Waals surface area (Å²) in [6.45, 7) is 0.